The Kier molecular flexibility index (Phi) is 4.42. The van der Waals surface area contributed by atoms with Gasteiger partial charge in [0, 0.05) is 13.1 Å². The first-order valence-electron chi connectivity index (χ1n) is 7.86. The van der Waals surface area contributed by atoms with Crippen molar-refractivity contribution in [1.29, 1.82) is 0 Å². The van der Waals surface area contributed by atoms with E-state index in [9.17, 15) is 0 Å². The molecular weight excluding hydrogens is 274 g/mol. The number of aromatic nitrogens is 2. The van der Waals surface area contributed by atoms with Gasteiger partial charge in [-0.25, -0.2) is 9.98 Å². The fourth-order valence-electron chi connectivity index (χ4n) is 2.70. The summed E-state index contributed by atoms with van der Waals surface area (Å²) in [6.07, 6.45) is 4.23. The van der Waals surface area contributed by atoms with Gasteiger partial charge in [0.25, 0.3) is 0 Å². The van der Waals surface area contributed by atoms with Crippen molar-refractivity contribution in [1.82, 2.24) is 14.9 Å². The van der Waals surface area contributed by atoms with E-state index in [-0.39, 0.29) is 0 Å². The molecule has 0 radical (unpaired) electrons. The lowest BCUT2D eigenvalue weighted by Gasteiger charge is -2.30. The van der Waals surface area contributed by atoms with Gasteiger partial charge in [0.2, 0.25) is 0 Å². The average Bonchev–Trinajstić information content (AvgIpc) is 3.03. The third kappa shape index (κ3) is 3.47. The molecule has 0 unspecified atom stereocenters. The molecule has 1 saturated heterocycles. The third-order valence-electron chi connectivity index (χ3n) is 4.21. The number of hydrogen-bond acceptors (Lipinski definition) is 2. The molecule has 1 aromatic carbocycles. The van der Waals surface area contributed by atoms with Crippen LogP contribution in [-0.2, 0) is 6.54 Å². The maximum atomic E-state index is 6.09. The van der Waals surface area contributed by atoms with Crippen LogP contribution in [0.1, 0.15) is 25.6 Å². The average molecular weight is 297 g/mol. The van der Waals surface area contributed by atoms with Gasteiger partial charge in [-0.1, -0.05) is 37.3 Å². The summed E-state index contributed by atoms with van der Waals surface area (Å²) in [6.45, 7) is 4.79. The first-order chi connectivity index (χ1) is 10.7. The monoisotopic (exact) mass is 297 g/mol. The molecule has 1 aromatic heterocycles. The van der Waals surface area contributed by atoms with Crippen LogP contribution in [-0.4, -0.2) is 33.9 Å². The molecule has 0 saturated carbocycles. The Morgan fingerprint density at radius 2 is 2.05 bits per heavy atom. The van der Waals surface area contributed by atoms with Crippen molar-refractivity contribution in [3.63, 3.8) is 0 Å². The molecule has 2 aromatic rings. The normalized spacial score (nSPS) is 17.0. The topological polar surface area (TPSA) is 70.3 Å². The van der Waals surface area contributed by atoms with Crippen LogP contribution >= 0.6 is 0 Å². The maximum Gasteiger partial charge on any atom is 0.191 e. The Morgan fingerprint density at radius 3 is 2.77 bits per heavy atom. The van der Waals surface area contributed by atoms with Gasteiger partial charge in [0.1, 0.15) is 12.4 Å². The van der Waals surface area contributed by atoms with Crippen molar-refractivity contribution >= 4 is 5.96 Å². The van der Waals surface area contributed by atoms with E-state index in [1.165, 1.54) is 12.8 Å². The Labute approximate surface area is 131 Å². The second-order valence-corrected chi connectivity index (χ2v) is 5.95. The second-order valence-electron chi connectivity index (χ2n) is 5.95. The summed E-state index contributed by atoms with van der Waals surface area (Å²) in [5.41, 5.74) is 8.23. The first kappa shape index (κ1) is 14.6. The summed E-state index contributed by atoms with van der Waals surface area (Å²) in [7, 11) is 0. The zero-order valence-corrected chi connectivity index (χ0v) is 13.0. The van der Waals surface area contributed by atoms with E-state index < -0.39 is 0 Å². The number of nitrogens with one attached hydrogen (secondary N) is 1. The Bertz CT molecular complexity index is 624. The van der Waals surface area contributed by atoms with Crippen LogP contribution < -0.4 is 5.73 Å². The van der Waals surface area contributed by atoms with Crippen molar-refractivity contribution in [3.8, 4) is 11.3 Å². The standard InChI is InChI=1S/C17H23N5/c1-13-7-9-22(10-8-13)17(18)20-12-16-19-11-15(21-16)14-5-3-2-4-6-14/h2-6,11,13H,7-10,12H2,1H3,(H2,18,20)(H,19,21). The summed E-state index contributed by atoms with van der Waals surface area (Å²) in [6, 6.07) is 10.2. The number of nitrogens with two attached hydrogens (primary N) is 1. The van der Waals surface area contributed by atoms with Crippen LogP contribution in [0, 0.1) is 5.92 Å². The molecule has 3 N–H and O–H groups in total. The summed E-state index contributed by atoms with van der Waals surface area (Å²) in [4.78, 5) is 14.3. The fraction of sp³-hybridized carbons (Fsp3) is 0.412. The van der Waals surface area contributed by atoms with Crippen LogP contribution in [0.3, 0.4) is 0 Å². The van der Waals surface area contributed by atoms with E-state index in [0.29, 0.717) is 12.5 Å². The molecule has 2 heterocycles. The lowest BCUT2D eigenvalue weighted by Crippen LogP contribution is -2.42. The first-order valence-corrected chi connectivity index (χ1v) is 7.86. The number of guanidine groups is 1. The maximum absolute atomic E-state index is 6.09. The molecule has 0 amide bonds. The molecule has 1 aliphatic rings. The van der Waals surface area contributed by atoms with Crippen LogP contribution in [0.4, 0.5) is 0 Å². The second kappa shape index (κ2) is 6.64. The van der Waals surface area contributed by atoms with Gasteiger partial charge in [0.05, 0.1) is 11.9 Å². The molecule has 5 heteroatoms. The van der Waals surface area contributed by atoms with Crippen molar-refractivity contribution in [3.05, 3.63) is 42.4 Å². The van der Waals surface area contributed by atoms with Gasteiger partial charge in [-0.15, -0.1) is 0 Å². The Morgan fingerprint density at radius 1 is 1.32 bits per heavy atom. The van der Waals surface area contributed by atoms with Crippen LogP contribution in [0.25, 0.3) is 11.3 Å². The molecule has 1 fully saturated rings. The van der Waals surface area contributed by atoms with Crippen molar-refractivity contribution < 1.29 is 0 Å². The smallest absolute Gasteiger partial charge is 0.191 e. The molecule has 1 aliphatic heterocycles. The van der Waals surface area contributed by atoms with Gasteiger partial charge in [-0.3, -0.25) is 0 Å². The summed E-state index contributed by atoms with van der Waals surface area (Å²) in [5, 5.41) is 0. The zero-order chi connectivity index (χ0) is 15.4. The summed E-state index contributed by atoms with van der Waals surface area (Å²) >= 11 is 0. The number of aliphatic imine (C=N–C) groups is 1. The van der Waals surface area contributed by atoms with E-state index in [2.05, 4.69) is 38.9 Å². The number of likely N-dealkylation sites (tertiary alicyclic amines) is 1. The molecule has 0 spiro atoms. The number of H-pyrrole nitrogens is 1. The molecule has 5 nitrogen and oxygen atoms in total. The highest BCUT2D eigenvalue weighted by molar-refractivity contribution is 5.78. The predicted molar refractivity (Wildman–Crippen MR) is 89.3 cm³/mol. The fourth-order valence-corrected chi connectivity index (χ4v) is 2.70. The number of benzene rings is 1. The molecular formula is C17H23N5. The molecule has 116 valence electrons. The van der Waals surface area contributed by atoms with Crippen molar-refractivity contribution in [2.24, 2.45) is 16.6 Å². The Hall–Kier alpha value is -2.30. The van der Waals surface area contributed by atoms with E-state index in [4.69, 9.17) is 5.73 Å². The number of nitrogens with zero attached hydrogens (tertiary/aromatic N) is 3. The van der Waals surface area contributed by atoms with E-state index in [1.807, 2.05) is 24.4 Å². The largest absolute Gasteiger partial charge is 0.370 e. The molecule has 0 atom stereocenters. The predicted octanol–water partition coefficient (Wildman–Crippen LogP) is 2.62. The highest BCUT2D eigenvalue weighted by atomic mass is 15.3. The molecule has 3 rings (SSSR count). The number of hydrogen-bond donors (Lipinski definition) is 2. The lowest BCUT2D eigenvalue weighted by atomic mass is 10.00. The third-order valence-corrected chi connectivity index (χ3v) is 4.21. The number of imidazole rings is 1. The highest BCUT2D eigenvalue weighted by Crippen LogP contribution is 2.17. The molecule has 22 heavy (non-hydrogen) atoms. The van der Waals surface area contributed by atoms with Crippen LogP contribution in [0.5, 0.6) is 0 Å². The van der Waals surface area contributed by atoms with Gasteiger partial charge in [-0.2, -0.15) is 0 Å². The van der Waals surface area contributed by atoms with Crippen LogP contribution in [0.2, 0.25) is 0 Å². The highest BCUT2D eigenvalue weighted by Gasteiger charge is 2.16. The molecule has 0 bridgehead atoms. The summed E-state index contributed by atoms with van der Waals surface area (Å²) < 4.78 is 0. The minimum absolute atomic E-state index is 0.491. The van der Waals surface area contributed by atoms with E-state index in [1.54, 1.807) is 0 Å². The lowest BCUT2D eigenvalue weighted by molar-refractivity contribution is 0.277. The van der Waals surface area contributed by atoms with Gasteiger partial charge in [-0.05, 0) is 24.3 Å². The SMILES string of the molecule is CC1CCN(C(N)=NCc2ncc(-c3ccccc3)[nH]2)CC1. The van der Waals surface area contributed by atoms with Gasteiger partial charge >= 0.3 is 0 Å². The van der Waals surface area contributed by atoms with Gasteiger partial charge < -0.3 is 15.6 Å². The van der Waals surface area contributed by atoms with E-state index in [0.717, 1.165) is 36.1 Å². The minimum Gasteiger partial charge on any atom is -0.370 e. The van der Waals surface area contributed by atoms with E-state index >= 15 is 0 Å². The number of rotatable bonds is 3. The number of aromatic amines is 1. The number of piperidine rings is 1. The van der Waals surface area contributed by atoms with Crippen LogP contribution in [0.15, 0.2) is 41.5 Å². The van der Waals surface area contributed by atoms with Gasteiger partial charge in [0.15, 0.2) is 5.96 Å². The summed E-state index contributed by atoms with van der Waals surface area (Å²) in [5.74, 6) is 2.26. The Balaban J connectivity index is 1.62. The van der Waals surface area contributed by atoms with Crippen molar-refractivity contribution in [2.45, 2.75) is 26.3 Å². The van der Waals surface area contributed by atoms with Crippen molar-refractivity contribution in [2.75, 3.05) is 13.1 Å². The molecule has 0 aliphatic carbocycles. The zero-order valence-electron chi connectivity index (χ0n) is 13.0. The minimum atomic E-state index is 0.491. The quantitative estimate of drug-likeness (QED) is 0.676.